The Hall–Kier alpha value is -0.840. The maximum Gasteiger partial charge on any atom is 0.573 e. The number of aryl methyl sites for hydroxylation is 1. The number of ether oxygens (including phenoxy) is 1. The molecule has 0 fully saturated rings. The van der Waals surface area contributed by atoms with E-state index in [0.717, 1.165) is 10.5 Å². The van der Waals surface area contributed by atoms with Gasteiger partial charge < -0.3 is 4.74 Å². The molecule has 1 rings (SSSR count). The molecule has 0 spiro atoms. The molecule has 0 aliphatic carbocycles. The van der Waals surface area contributed by atoms with Gasteiger partial charge in [0.15, 0.2) is 0 Å². The SMILES string of the molecule is CSc1ccc(OC(F)(F)F)cc1C. The standard InChI is InChI=1S/C9H9F3OS/c1-6-5-7(13-9(10,11)12)3-4-8(6)14-2/h3-5H,1-2H3. The molecule has 0 aliphatic rings. The smallest absolute Gasteiger partial charge is 0.406 e. The lowest BCUT2D eigenvalue weighted by molar-refractivity contribution is -0.274. The molecule has 0 aliphatic heterocycles. The third kappa shape index (κ3) is 3.14. The van der Waals surface area contributed by atoms with Crippen molar-refractivity contribution in [2.24, 2.45) is 0 Å². The van der Waals surface area contributed by atoms with Crippen LogP contribution in [0.15, 0.2) is 23.1 Å². The lowest BCUT2D eigenvalue weighted by Gasteiger charge is -2.10. The van der Waals surface area contributed by atoms with E-state index in [1.165, 1.54) is 23.9 Å². The Morgan fingerprint density at radius 1 is 1.29 bits per heavy atom. The van der Waals surface area contributed by atoms with Crippen molar-refractivity contribution in [2.75, 3.05) is 6.26 Å². The molecule has 1 aromatic rings. The Bertz CT molecular complexity index is 322. The minimum atomic E-state index is -4.62. The summed E-state index contributed by atoms with van der Waals surface area (Å²) in [4.78, 5) is 0.944. The summed E-state index contributed by atoms with van der Waals surface area (Å²) in [5.41, 5.74) is 0.777. The fourth-order valence-electron chi connectivity index (χ4n) is 1.05. The Labute approximate surface area is 84.3 Å². The van der Waals surface area contributed by atoms with Crippen molar-refractivity contribution in [1.29, 1.82) is 0 Å². The summed E-state index contributed by atoms with van der Waals surface area (Å²) in [5, 5.41) is 0. The quantitative estimate of drug-likeness (QED) is 0.707. The molecule has 0 radical (unpaired) electrons. The predicted molar refractivity (Wildman–Crippen MR) is 49.6 cm³/mol. The van der Waals surface area contributed by atoms with Gasteiger partial charge in [-0.15, -0.1) is 24.9 Å². The van der Waals surface area contributed by atoms with Crippen LogP contribution in [0.1, 0.15) is 5.56 Å². The first kappa shape index (κ1) is 11.2. The van der Waals surface area contributed by atoms with Crippen LogP contribution in [-0.4, -0.2) is 12.6 Å². The predicted octanol–water partition coefficient (Wildman–Crippen LogP) is 3.62. The molecule has 1 nitrogen and oxygen atoms in total. The molecule has 5 heteroatoms. The molecule has 0 amide bonds. The van der Waals surface area contributed by atoms with Crippen molar-refractivity contribution in [3.05, 3.63) is 23.8 Å². The molecule has 0 saturated carbocycles. The summed E-state index contributed by atoms with van der Waals surface area (Å²) in [6, 6.07) is 4.30. The van der Waals surface area contributed by atoms with Crippen LogP contribution in [0, 0.1) is 6.92 Å². The molecular formula is C9H9F3OS. The number of hydrogen-bond donors (Lipinski definition) is 0. The highest BCUT2D eigenvalue weighted by Gasteiger charge is 2.31. The van der Waals surface area contributed by atoms with Gasteiger partial charge in [-0.05, 0) is 36.9 Å². The van der Waals surface area contributed by atoms with Crippen LogP contribution >= 0.6 is 11.8 Å². The molecule has 0 bridgehead atoms. The molecule has 0 N–H and O–H groups in total. The first-order chi connectivity index (χ1) is 6.42. The number of rotatable bonds is 2. The van der Waals surface area contributed by atoms with Gasteiger partial charge in [-0.3, -0.25) is 0 Å². The minimum absolute atomic E-state index is 0.173. The highest BCUT2D eigenvalue weighted by Crippen LogP contribution is 2.27. The van der Waals surface area contributed by atoms with E-state index in [1.54, 1.807) is 13.0 Å². The lowest BCUT2D eigenvalue weighted by atomic mass is 10.2. The highest BCUT2D eigenvalue weighted by atomic mass is 32.2. The second-order valence-corrected chi connectivity index (χ2v) is 3.53. The highest BCUT2D eigenvalue weighted by molar-refractivity contribution is 7.98. The van der Waals surface area contributed by atoms with Crippen LogP contribution in [0.5, 0.6) is 5.75 Å². The zero-order valence-corrected chi connectivity index (χ0v) is 8.50. The average molecular weight is 222 g/mol. The van der Waals surface area contributed by atoms with Crippen molar-refractivity contribution >= 4 is 11.8 Å². The largest absolute Gasteiger partial charge is 0.573 e. The van der Waals surface area contributed by atoms with E-state index in [-0.39, 0.29) is 5.75 Å². The summed E-state index contributed by atoms with van der Waals surface area (Å²) in [7, 11) is 0. The minimum Gasteiger partial charge on any atom is -0.406 e. The Kier molecular flexibility index (Phi) is 3.31. The summed E-state index contributed by atoms with van der Waals surface area (Å²) in [6.07, 6.45) is -2.75. The van der Waals surface area contributed by atoms with Gasteiger partial charge in [0, 0.05) is 4.90 Å². The number of benzene rings is 1. The summed E-state index contributed by atoms with van der Waals surface area (Å²) >= 11 is 1.49. The Balaban J connectivity index is 2.87. The topological polar surface area (TPSA) is 9.23 Å². The molecule has 1 aromatic carbocycles. The zero-order valence-electron chi connectivity index (χ0n) is 7.68. The van der Waals surface area contributed by atoms with Gasteiger partial charge in [0.25, 0.3) is 0 Å². The number of thioether (sulfide) groups is 1. The van der Waals surface area contributed by atoms with Crippen molar-refractivity contribution in [1.82, 2.24) is 0 Å². The summed E-state index contributed by atoms with van der Waals surface area (Å²) in [6.45, 7) is 1.75. The van der Waals surface area contributed by atoms with Crippen LogP contribution in [0.3, 0.4) is 0 Å². The number of halogens is 3. The van der Waals surface area contributed by atoms with Crippen LogP contribution in [0.25, 0.3) is 0 Å². The molecular weight excluding hydrogens is 213 g/mol. The van der Waals surface area contributed by atoms with E-state index in [1.807, 2.05) is 6.26 Å². The summed E-state index contributed by atoms with van der Waals surface area (Å²) in [5.74, 6) is -0.173. The fourth-order valence-corrected chi connectivity index (χ4v) is 1.63. The maximum absolute atomic E-state index is 11.8. The summed E-state index contributed by atoms with van der Waals surface area (Å²) < 4.78 is 39.3. The molecule has 0 heterocycles. The van der Waals surface area contributed by atoms with Gasteiger partial charge in [-0.25, -0.2) is 0 Å². The van der Waals surface area contributed by atoms with Crippen LogP contribution in [0.4, 0.5) is 13.2 Å². The lowest BCUT2D eigenvalue weighted by Crippen LogP contribution is -2.17. The van der Waals surface area contributed by atoms with Gasteiger partial charge >= 0.3 is 6.36 Å². The van der Waals surface area contributed by atoms with E-state index < -0.39 is 6.36 Å². The van der Waals surface area contributed by atoms with E-state index in [4.69, 9.17) is 0 Å². The third-order valence-corrected chi connectivity index (χ3v) is 2.50. The maximum atomic E-state index is 11.8. The monoisotopic (exact) mass is 222 g/mol. The van der Waals surface area contributed by atoms with E-state index in [9.17, 15) is 13.2 Å². The van der Waals surface area contributed by atoms with Crippen LogP contribution in [0.2, 0.25) is 0 Å². The van der Waals surface area contributed by atoms with Crippen molar-refractivity contribution in [2.45, 2.75) is 18.2 Å². The van der Waals surface area contributed by atoms with Crippen LogP contribution < -0.4 is 4.74 Å². The zero-order chi connectivity index (χ0) is 10.8. The van der Waals surface area contributed by atoms with Crippen molar-refractivity contribution in [3.63, 3.8) is 0 Å². The van der Waals surface area contributed by atoms with Gasteiger partial charge in [0.05, 0.1) is 0 Å². The third-order valence-electron chi connectivity index (χ3n) is 1.60. The molecule has 0 saturated heterocycles. The fraction of sp³-hybridized carbons (Fsp3) is 0.333. The van der Waals surface area contributed by atoms with Gasteiger partial charge in [-0.1, -0.05) is 0 Å². The van der Waals surface area contributed by atoms with E-state index in [0.29, 0.717) is 0 Å². The number of hydrogen-bond acceptors (Lipinski definition) is 2. The molecule has 0 atom stereocenters. The molecule has 78 valence electrons. The first-order valence-corrected chi connectivity index (χ1v) is 5.05. The Morgan fingerprint density at radius 2 is 1.93 bits per heavy atom. The van der Waals surface area contributed by atoms with Gasteiger partial charge in [0.1, 0.15) is 5.75 Å². The normalized spacial score (nSPS) is 11.5. The van der Waals surface area contributed by atoms with Gasteiger partial charge in [-0.2, -0.15) is 0 Å². The van der Waals surface area contributed by atoms with E-state index in [2.05, 4.69) is 4.74 Å². The van der Waals surface area contributed by atoms with E-state index >= 15 is 0 Å². The average Bonchev–Trinajstić information content (AvgIpc) is 2.01. The van der Waals surface area contributed by atoms with Crippen molar-refractivity contribution in [3.8, 4) is 5.75 Å². The van der Waals surface area contributed by atoms with Gasteiger partial charge in [0.2, 0.25) is 0 Å². The first-order valence-electron chi connectivity index (χ1n) is 3.83. The molecule has 0 unspecified atom stereocenters. The second kappa shape index (κ2) is 4.13. The Morgan fingerprint density at radius 3 is 2.36 bits per heavy atom. The number of alkyl halides is 3. The molecule has 14 heavy (non-hydrogen) atoms. The van der Waals surface area contributed by atoms with Crippen LogP contribution in [-0.2, 0) is 0 Å². The molecule has 0 aromatic heterocycles. The second-order valence-electron chi connectivity index (χ2n) is 2.68. The van der Waals surface area contributed by atoms with Crippen molar-refractivity contribution < 1.29 is 17.9 Å².